The van der Waals surface area contributed by atoms with Crippen molar-refractivity contribution in [2.45, 2.75) is 11.8 Å². The van der Waals surface area contributed by atoms with Crippen molar-refractivity contribution in [1.29, 1.82) is 0 Å². The molecule has 0 fully saturated rings. The van der Waals surface area contributed by atoms with Gasteiger partial charge in [-0.15, -0.1) is 0 Å². The number of nitrogens with zero attached hydrogens (tertiary/aromatic N) is 4. The van der Waals surface area contributed by atoms with Crippen LogP contribution in [0, 0.1) is 0 Å². The second kappa shape index (κ2) is 5.91. The van der Waals surface area contributed by atoms with E-state index >= 15 is 0 Å². The van der Waals surface area contributed by atoms with Gasteiger partial charge in [0, 0.05) is 0 Å². The standard InChI is InChI=1S/C11H13N5O5/c12-9-8-10(14-5-13-9)16(6-15-8)11(3-19,4-20)21-7(1-17)2-18/h1,3,5-7,18,20H,2,4H2,(H2,12,13,14). The van der Waals surface area contributed by atoms with E-state index in [4.69, 9.17) is 15.6 Å². The third-order valence-electron chi connectivity index (χ3n) is 2.87. The van der Waals surface area contributed by atoms with Gasteiger partial charge in [-0.1, -0.05) is 0 Å². The molecule has 0 aromatic carbocycles. The minimum atomic E-state index is -1.95. The lowest BCUT2D eigenvalue weighted by molar-refractivity contribution is -0.178. The fourth-order valence-electron chi connectivity index (χ4n) is 1.79. The Kier molecular flexibility index (Phi) is 4.21. The first-order valence-electron chi connectivity index (χ1n) is 5.87. The van der Waals surface area contributed by atoms with Gasteiger partial charge in [0.05, 0.1) is 13.2 Å². The van der Waals surface area contributed by atoms with Crippen molar-refractivity contribution < 1.29 is 24.5 Å². The van der Waals surface area contributed by atoms with Gasteiger partial charge < -0.3 is 25.5 Å². The van der Waals surface area contributed by atoms with Gasteiger partial charge in [0.1, 0.15) is 24.3 Å². The average Bonchev–Trinajstić information content (AvgIpc) is 2.95. The van der Waals surface area contributed by atoms with E-state index in [1.165, 1.54) is 6.33 Å². The van der Waals surface area contributed by atoms with Crippen molar-refractivity contribution in [1.82, 2.24) is 19.5 Å². The maximum Gasteiger partial charge on any atom is 0.228 e. The minimum Gasteiger partial charge on any atom is -0.393 e. The van der Waals surface area contributed by atoms with Crippen molar-refractivity contribution in [2.75, 3.05) is 18.9 Å². The Morgan fingerprint density at radius 1 is 1.38 bits per heavy atom. The summed E-state index contributed by atoms with van der Waals surface area (Å²) in [5, 5.41) is 18.6. The molecule has 4 N–H and O–H groups in total. The van der Waals surface area contributed by atoms with Crippen LogP contribution >= 0.6 is 0 Å². The highest BCUT2D eigenvalue weighted by Gasteiger charge is 2.37. The molecule has 0 bridgehead atoms. The topological polar surface area (TPSA) is 153 Å². The molecule has 0 saturated heterocycles. The number of aldehydes is 2. The highest BCUT2D eigenvalue weighted by molar-refractivity contribution is 5.82. The van der Waals surface area contributed by atoms with E-state index in [9.17, 15) is 14.7 Å². The summed E-state index contributed by atoms with van der Waals surface area (Å²) in [4.78, 5) is 33.9. The summed E-state index contributed by atoms with van der Waals surface area (Å²) < 4.78 is 6.34. The normalized spacial score (nSPS) is 15.5. The molecule has 10 heteroatoms. The molecule has 0 radical (unpaired) electrons. The number of hydrogen-bond donors (Lipinski definition) is 3. The van der Waals surface area contributed by atoms with Crippen molar-refractivity contribution >= 4 is 29.6 Å². The second-order valence-corrected chi connectivity index (χ2v) is 4.14. The van der Waals surface area contributed by atoms with Gasteiger partial charge in [-0.25, -0.2) is 15.0 Å². The van der Waals surface area contributed by atoms with Crippen LogP contribution in [0.3, 0.4) is 0 Å². The third-order valence-corrected chi connectivity index (χ3v) is 2.87. The Hall–Kier alpha value is -2.43. The number of hydrogen-bond acceptors (Lipinski definition) is 9. The molecule has 2 unspecified atom stereocenters. The Bertz CT molecular complexity index is 659. The number of nitrogen functional groups attached to an aromatic ring is 1. The number of carbonyl (C=O) groups is 2. The van der Waals surface area contributed by atoms with Crippen molar-refractivity contribution in [3.05, 3.63) is 12.7 Å². The summed E-state index contributed by atoms with van der Waals surface area (Å²) in [6.45, 7) is -1.45. The molecule has 21 heavy (non-hydrogen) atoms. The predicted octanol–water partition coefficient (Wildman–Crippen LogP) is -2.17. The van der Waals surface area contributed by atoms with Crippen LogP contribution in [-0.2, 0) is 20.1 Å². The highest BCUT2D eigenvalue weighted by atomic mass is 16.6. The smallest absolute Gasteiger partial charge is 0.228 e. The fraction of sp³-hybridized carbons (Fsp3) is 0.364. The summed E-state index contributed by atoms with van der Waals surface area (Å²) in [5.41, 5.74) is 4.04. The Labute approximate surface area is 118 Å². The molecule has 0 amide bonds. The number of aliphatic hydroxyl groups excluding tert-OH is 2. The van der Waals surface area contributed by atoms with E-state index < -0.39 is 25.0 Å². The lowest BCUT2D eigenvalue weighted by Crippen LogP contribution is -2.46. The molecule has 0 spiro atoms. The number of nitrogens with two attached hydrogens (primary N) is 1. The van der Waals surface area contributed by atoms with Gasteiger partial charge in [-0.2, -0.15) is 0 Å². The van der Waals surface area contributed by atoms with Gasteiger partial charge in [0.25, 0.3) is 0 Å². The van der Waals surface area contributed by atoms with Crippen LogP contribution in [0.25, 0.3) is 11.2 Å². The fourth-order valence-corrected chi connectivity index (χ4v) is 1.79. The van der Waals surface area contributed by atoms with Crippen LogP contribution < -0.4 is 5.73 Å². The van der Waals surface area contributed by atoms with E-state index in [0.717, 1.165) is 10.9 Å². The number of aliphatic hydroxyl groups is 2. The third kappa shape index (κ3) is 2.46. The van der Waals surface area contributed by atoms with Gasteiger partial charge in [-0.05, 0) is 0 Å². The number of aromatic nitrogens is 4. The molecule has 0 aliphatic rings. The van der Waals surface area contributed by atoms with E-state index in [1.54, 1.807) is 0 Å². The zero-order valence-corrected chi connectivity index (χ0v) is 10.8. The van der Waals surface area contributed by atoms with Crippen LogP contribution in [0.15, 0.2) is 12.7 Å². The first-order chi connectivity index (χ1) is 10.1. The van der Waals surface area contributed by atoms with E-state index in [1.807, 2.05) is 0 Å². The quantitative estimate of drug-likeness (QED) is 0.484. The van der Waals surface area contributed by atoms with E-state index in [2.05, 4.69) is 15.0 Å². The van der Waals surface area contributed by atoms with Crippen LogP contribution in [0.4, 0.5) is 5.82 Å². The molecule has 2 atom stereocenters. The van der Waals surface area contributed by atoms with Crippen LogP contribution in [-0.4, -0.2) is 61.6 Å². The molecule has 112 valence electrons. The summed E-state index contributed by atoms with van der Waals surface area (Å²) in [6.07, 6.45) is 1.65. The van der Waals surface area contributed by atoms with Crippen molar-refractivity contribution in [3.63, 3.8) is 0 Å². The molecular formula is C11H13N5O5. The molecule has 0 aliphatic heterocycles. The maximum atomic E-state index is 11.4. The van der Waals surface area contributed by atoms with Crippen molar-refractivity contribution in [3.8, 4) is 0 Å². The Balaban J connectivity index is 2.57. The largest absolute Gasteiger partial charge is 0.393 e. The monoisotopic (exact) mass is 295 g/mol. The molecule has 0 aliphatic carbocycles. The molecule has 2 heterocycles. The number of ether oxygens (including phenoxy) is 1. The number of imidazole rings is 1. The molecule has 0 saturated carbocycles. The lowest BCUT2D eigenvalue weighted by atomic mass is 10.2. The van der Waals surface area contributed by atoms with Crippen LogP contribution in [0.1, 0.15) is 0 Å². The first kappa shape index (κ1) is 15.0. The number of fused-ring (bicyclic) bond motifs is 1. The Morgan fingerprint density at radius 3 is 2.71 bits per heavy atom. The minimum absolute atomic E-state index is 0.0885. The first-order valence-corrected chi connectivity index (χ1v) is 5.87. The number of anilines is 1. The highest BCUT2D eigenvalue weighted by Crippen LogP contribution is 2.24. The van der Waals surface area contributed by atoms with E-state index in [-0.39, 0.29) is 17.0 Å². The van der Waals surface area contributed by atoms with Gasteiger partial charge in [-0.3, -0.25) is 9.36 Å². The summed E-state index contributed by atoms with van der Waals surface area (Å²) in [7, 11) is 0. The number of carbonyl (C=O) groups excluding carboxylic acids is 2. The molecule has 2 aromatic heterocycles. The van der Waals surface area contributed by atoms with E-state index in [0.29, 0.717) is 12.6 Å². The average molecular weight is 295 g/mol. The summed E-state index contributed by atoms with van der Waals surface area (Å²) in [6, 6.07) is 0. The van der Waals surface area contributed by atoms with Gasteiger partial charge in [0.2, 0.25) is 5.72 Å². The van der Waals surface area contributed by atoms with Crippen LogP contribution in [0.2, 0.25) is 0 Å². The molecule has 10 nitrogen and oxygen atoms in total. The van der Waals surface area contributed by atoms with Gasteiger partial charge in [0.15, 0.2) is 24.0 Å². The SMILES string of the molecule is Nc1ncnc2c1ncn2C(C=O)(CO)OC(C=O)CO. The van der Waals surface area contributed by atoms with Crippen molar-refractivity contribution in [2.24, 2.45) is 0 Å². The zero-order valence-electron chi connectivity index (χ0n) is 10.8. The van der Waals surface area contributed by atoms with Gasteiger partial charge >= 0.3 is 0 Å². The second-order valence-electron chi connectivity index (χ2n) is 4.14. The summed E-state index contributed by atoms with van der Waals surface area (Å²) >= 11 is 0. The molecule has 2 rings (SSSR count). The lowest BCUT2D eigenvalue weighted by Gasteiger charge is -2.29. The maximum absolute atomic E-state index is 11.4. The molecule has 2 aromatic rings. The van der Waals surface area contributed by atoms with Crippen LogP contribution in [0.5, 0.6) is 0 Å². The number of rotatable bonds is 7. The zero-order chi connectivity index (χ0) is 15.5. The Morgan fingerprint density at radius 2 is 2.14 bits per heavy atom. The predicted molar refractivity (Wildman–Crippen MR) is 68.9 cm³/mol. The summed E-state index contributed by atoms with van der Waals surface area (Å²) in [5.74, 6) is 0.0885. The molecular weight excluding hydrogens is 282 g/mol.